The highest BCUT2D eigenvalue weighted by molar-refractivity contribution is 7.99. The largest absolute Gasteiger partial charge is 0.493 e. The molecule has 0 amide bonds. The summed E-state index contributed by atoms with van der Waals surface area (Å²) in [5.41, 5.74) is 18.7. The van der Waals surface area contributed by atoms with E-state index in [1.54, 1.807) is 0 Å². The number of benzene rings is 9. The van der Waals surface area contributed by atoms with Gasteiger partial charge >= 0.3 is 0 Å². The molecular formula is C118H170O2S2. The number of aryl methyl sites for hydroxylation is 7. The van der Waals surface area contributed by atoms with E-state index in [1.807, 2.05) is 41.7 Å². The van der Waals surface area contributed by atoms with Crippen molar-refractivity contribution < 1.29 is 9.47 Å². The minimum Gasteiger partial charge on any atom is -0.493 e. The van der Waals surface area contributed by atoms with Crippen LogP contribution in [0.15, 0.2) is 246 Å². The van der Waals surface area contributed by atoms with Gasteiger partial charge in [0.25, 0.3) is 0 Å². The van der Waals surface area contributed by atoms with Crippen molar-refractivity contribution in [2.24, 2.45) is 48.7 Å². The van der Waals surface area contributed by atoms with E-state index >= 15 is 0 Å². The van der Waals surface area contributed by atoms with Gasteiger partial charge in [-0.25, -0.2) is 0 Å². The summed E-state index contributed by atoms with van der Waals surface area (Å²) in [5.74, 6) is 4.36. The van der Waals surface area contributed by atoms with E-state index in [0.29, 0.717) is 33.7 Å². The third kappa shape index (κ3) is 27.6. The lowest BCUT2D eigenvalue weighted by Crippen LogP contribution is -2.41. The fraction of sp³-hybridized carbons (Fsp3) is 0.542. The fourth-order valence-corrected chi connectivity index (χ4v) is 21.5. The molecule has 3 fully saturated rings. The van der Waals surface area contributed by atoms with Crippen LogP contribution in [0.3, 0.4) is 0 Å². The van der Waals surface area contributed by atoms with E-state index in [9.17, 15) is 0 Å². The van der Waals surface area contributed by atoms with Crippen molar-refractivity contribution >= 4 is 23.5 Å². The first-order valence-electron chi connectivity index (χ1n) is 47.1. The second-order valence-corrected chi connectivity index (χ2v) is 46.2. The van der Waals surface area contributed by atoms with Crippen LogP contribution in [0.25, 0.3) is 0 Å². The molecule has 2 nitrogen and oxygen atoms in total. The Balaban J connectivity index is 0.000000202. The van der Waals surface area contributed by atoms with Crippen molar-refractivity contribution in [3.63, 3.8) is 0 Å². The van der Waals surface area contributed by atoms with Crippen LogP contribution in [0, 0.1) is 90.3 Å². The van der Waals surface area contributed by atoms with Crippen molar-refractivity contribution in [2.75, 3.05) is 24.7 Å². The van der Waals surface area contributed by atoms with Crippen LogP contribution in [0.2, 0.25) is 0 Å². The van der Waals surface area contributed by atoms with Gasteiger partial charge in [-0.1, -0.05) is 429 Å². The first-order valence-corrected chi connectivity index (χ1v) is 49.1. The lowest BCUT2D eigenvalue weighted by atomic mass is 9.57. The monoisotopic (exact) mass is 1680 g/mol. The summed E-state index contributed by atoms with van der Waals surface area (Å²) in [6.45, 7) is 69.8. The molecule has 0 unspecified atom stereocenters. The first kappa shape index (κ1) is 102. The number of hydrogen-bond donors (Lipinski definition) is 0. The maximum Gasteiger partial charge on any atom is 0.122 e. The quantitative estimate of drug-likeness (QED) is 0.0478. The molecule has 9 aromatic carbocycles. The molecule has 4 heteroatoms. The lowest BCUT2D eigenvalue weighted by Gasteiger charge is -2.47. The van der Waals surface area contributed by atoms with Crippen LogP contribution in [0.5, 0.6) is 11.5 Å². The van der Waals surface area contributed by atoms with E-state index in [4.69, 9.17) is 9.47 Å². The molecule has 0 N–H and O–H groups in total. The molecule has 0 spiro atoms. The van der Waals surface area contributed by atoms with Gasteiger partial charge in [-0.15, -0.1) is 23.5 Å². The minimum absolute atomic E-state index is 0.0244. The van der Waals surface area contributed by atoms with Gasteiger partial charge in [0.15, 0.2) is 0 Å². The normalized spacial score (nSPS) is 15.7. The maximum atomic E-state index is 6.12. The summed E-state index contributed by atoms with van der Waals surface area (Å²) in [4.78, 5) is 2.85. The fourth-order valence-electron chi connectivity index (χ4n) is 18.8. The van der Waals surface area contributed by atoms with Crippen LogP contribution in [0.1, 0.15) is 330 Å². The van der Waals surface area contributed by atoms with Crippen molar-refractivity contribution in [1.82, 2.24) is 0 Å². The number of thioether (sulfide) groups is 2. The zero-order valence-electron chi connectivity index (χ0n) is 82.7. The molecule has 9 aromatic rings. The lowest BCUT2D eigenvalue weighted by molar-refractivity contribution is 0.00353. The summed E-state index contributed by atoms with van der Waals surface area (Å²) in [7, 11) is 0. The molecule has 3 aliphatic rings. The van der Waals surface area contributed by atoms with Gasteiger partial charge in [0.05, 0.1) is 13.2 Å². The zero-order valence-corrected chi connectivity index (χ0v) is 84.3. The molecule has 0 atom stereocenters. The third-order valence-electron chi connectivity index (χ3n) is 32.1. The molecule has 0 saturated heterocycles. The average molecular weight is 1680 g/mol. The number of hydrogen-bond acceptors (Lipinski definition) is 4. The Labute approximate surface area is 758 Å². The highest BCUT2D eigenvalue weighted by Gasteiger charge is 2.47. The van der Waals surface area contributed by atoms with Gasteiger partial charge < -0.3 is 9.47 Å². The first-order chi connectivity index (χ1) is 57.1. The predicted molar refractivity (Wildman–Crippen MR) is 540 cm³/mol. The van der Waals surface area contributed by atoms with Crippen molar-refractivity contribution in [3.8, 4) is 11.5 Å². The molecule has 3 aliphatic carbocycles. The van der Waals surface area contributed by atoms with Crippen LogP contribution >= 0.6 is 23.5 Å². The topological polar surface area (TPSA) is 18.5 Å². The Morgan fingerprint density at radius 2 is 0.590 bits per heavy atom. The number of ether oxygens (including phenoxy) is 2. The van der Waals surface area contributed by atoms with Gasteiger partial charge in [0, 0.05) is 32.1 Å². The van der Waals surface area contributed by atoms with Crippen molar-refractivity contribution in [3.05, 3.63) is 298 Å². The Morgan fingerprint density at radius 1 is 0.279 bits per heavy atom. The van der Waals surface area contributed by atoms with E-state index in [0.717, 1.165) is 30.3 Å². The number of rotatable bonds is 27. The molecule has 666 valence electrons. The Morgan fingerprint density at radius 3 is 0.984 bits per heavy atom. The summed E-state index contributed by atoms with van der Waals surface area (Å²) in [5, 5.41) is 0. The SMILES string of the molecule is Cc1ccccc1C(C)(C)CC(C)(C)C(C)(C)c1ccccc1.Cc1ccccc1CCC(C)(C)C1(C)CCCCC1.Cc1ccccc1OCC(C)(C)C(C)(C)c1ccccc1.Cc1ccccc1OCC(C)(C)C1(C)CCCCC1.Cc1ccccc1SCC(C)(C)C(C)(C)c1ccccc1.Cc1ccccc1SCC(C)(C)C1(C)CCCCC1. The van der Waals surface area contributed by atoms with Gasteiger partial charge in [-0.2, -0.15) is 0 Å². The maximum absolute atomic E-state index is 6.12. The second kappa shape index (κ2) is 44.6. The van der Waals surface area contributed by atoms with Crippen LogP contribution in [-0.4, -0.2) is 24.7 Å². The smallest absolute Gasteiger partial charge is 0.122 e. The predicted octanol–water partition coefficient (Wildman–Crippen LogP) is 35.5. The molecule has 0 bridgehead atoms. The molecule has 3 saturated carbocycles. The van der Waals surface area contributed by atoms with Gasteiger partial charge in [-0.05, 0) is 244 Å². The minimum atomic E-state index is 0.0244. The number of para-hydroxylation sites is 2. The summed E-state index contributed by atoms with van der Waals surface area (Å²) in [6, 6.07) is 84.1. The second-order valence-electron chi connectivity index (χ2n) is 44.2. The van der Waals surface area contributed by atoms with E-state index in [2.05, 4.69) is 419 Å². The van der Waals surface area contributed by atoms with Gasteiger partial charge in [0.1, 0.15) is 11.5 Å². The van der Waals surface area contributed by atoms with E-state index in [1.165, 1.54) is 186 Å². The Hall–Kier alpha value is -6.72. The standard InChI is InChI=1S/C23H32.C20H26O.C20H26S.C19H30.C18H28O.C18H28S/c1-18-13-11-12-16-20(18)21(2,3)17-22(4,5)23(6,7)19-14-9-8-10-15-19;2*1-16-11-9-10-14-18(16)21-15-19(2,3)20(4,5)17-12-7-6-8-13-17;1-16-10-6-7-11-17(16)12-15-18(2,3)19(4)13-8-5-9-14-19;2*1-15-10-6-7-11-16(15)19-14-17(2,3)18(4)12-8-5-9-13-18/h8-16H,17H2,1-7H3;2*6-14H,15H2,1-5H3;6-7,10-11H,5,8-9,12-15H2,1-4H3;2*6-7,10-11H,5,8-9,12-14H2,1-4H3. The van der Waals surface area contributed by atoms with Gasteiger partial charge in [0.2, 0.25) is 0 Å². The molecule has 12 rings (SSSR count). The Bertz CT molecular complexity index is 4240. The molecule has 0 aromatic heterocycles. The summed E-state index contributed by atoms with van der Waals surface area (Å²) in [6.07, 6.45) is 24.8. The Kier molecular flexibility index (Phi) is 37.4. The van der Waals surface area contributed by atoms with Crippen LogP contribution < -0.4 is 9.47 Å². The highest BCUT2D eigenvalue weighted by Crippen LogP contribution is 2.55. The third-order valence-corrected chi connectivity index (χ3v) is 35.4. The van der Waals surface area contributed by atoms with E-state index < -0.39 is 0 Å². The molecule has 122 heavy (non-hydrogen) atoms. The van der Waals surface area contributed by atoms with Crippen molar-refractivity contribution in [2.45, 2.75) is 348 Å². The van der Waals surface area contributed by atoms with Crippen molar-refractivity contribution in [1.29, 1.82) is 0 Å². The van der Waals surface area contributed by atoms with E-state index in [-0.39, 0.29) is 43.3 Å². The average Bonchev–Trinajstić information content (AvgIpc) is 0.688. The molecular weight excluding hydrogens is 1510 g/mol. The molecule has 0 aliphatic heterocycles. The van der Waals surface area contributed by atoms with Crippen LogP contribution in [0.4, 0.5) is 0 Å². The zero-order chi connectivity index (χ0) is 90.1. The summed E-state index contributed by atoms with van der Waals surface area (Å²) >= 11 is 4.02. The molecule has 0 radical (unpaired) electrons. The van der Waals surface area contributed by atoms with Crippen LogP contribution in [-0.2, 0) is 28.1 Å². The summed E-state index contributed by atoms with van der Waals surface area (Å²) < 4.78 is 12.2. The highest BCUT2D eigenvalue weighted by atomic mass is 32.2. The van der Waals surface area contributed by atoms with Gasteiger partial charge in [-0.3, -0.25) is 0 Å². The molecule has 0 heterocycles.